The van der Waals surface area contributed by atoms with Crippen LogP contribution in [-0.2, 0) is 9.53 Å². The van der Waals surface area contributed by atoms with Crippen LogP contribution < -0.4 is 9.80 Å². The first-order valence-electron chi connectivity index (χ1n) is 6.22. The molecule has 5 nitrogen and oxygen atoms in total. The number of ether oxygens (including phenoxy) is 1. The molecule has 1 aromatic rings. The first-order valence-corrected chi connectivity index (χ1v) is 6.22. The fraction of sp³-hybridized carbons (Fsp3) is 0.429. The molecule has 0 spiro atoms. The summed E-state index contributed by atoms with van der Waals surface area (Å²) >= 11 is 0. The third kappa shape index (κ3) is 2.69. The number of benzene rings is 1. The molecule has 1 amide bonds. The number of carbonyl (C=O) groups is 1. The second-order valence-electron chi connectivity index (χ2n) is 4.56. The SMILES string of the molecule is COCCCN1C(=O)CN(C)c2cc(C#N)ccc21. The van der Waals surface area contributed by atoms with E-state index >= 15 is 0 Å². The maximum absolute atomic E-state index is 12.1. The standard InChI is InChI=1S/C14H17N3O2/c1-16-10-14(18)17(6-3-7-19-2)12-5-4-11(9-15)8-13(12)16/h4-5,8H,3,6-7,10H2,1-2H3. The molecule has 0 unspecified atom stereocenters. The highest BCUT2D eigenvalue weighted by molar-refractivity contribution is 6.03. The van der Waals surface area contributed by atoms with Gasteiger partial charge in [-0.3, -0.25) is 4.79 Å². The minimum absolute atomic E-state index is 0.0795. The molecule has 1 aromatic carbocycles. The van der Waals surface area contributed by atoms with Gasteiger partial charge in [-0.15, -0.1) is 0 Å². The normalized spacial score (nSPS) is 14.3. The minimum atomic E-state index is 0.0795. The van der Waals surface area contributed by atoms with Crippen molar-refractivity contribution >= 4 is 17.3 Å². The topological polar surface area (TPSA) is 56.6 Å². The lowest BCUT2D eigenvalue weighted by molar-refractivity contribution is -0.117. The number of nitriles is 1. The summed E-state index contributed by atoms with van der Waals surface area (Å²) in [4.78, 5) is 15.7. The van der Waals surface area contributed by atoms with E-state index in [-0.39, 0.29) is 5.91 Å². The quantitative estimate of drug-likeness (QED) is 0.766. The lowest BCUT2D eigenvalue weighted by Gasteiger charge is -2.35. The van der Waals surface area contributed by atoms with Crippen molar-refractivity contribution in [3.63, 3.8) is 0 Å². The van der Waals surface area contributed by atoms with Crippen LogP contribution in [0.1, 0.15) is 12.0 Å². The Bertz CT molecular complexity index is 522. The smallest absolute Gasteiger partial charge is 0.246 e. The Kier molecular flexibility index (Phi) is 4.03. The van der Waals surface area contributed by atoms with Crippen LogP contribution in [0.4, 0.5) is 11.4 Å². The molecule has 0 fully saturated rings. The van der Waals surface area contributed by atoms with E-state index in [9.17, 15) is 4.79 Å². The van der Waals surface area contributed by atoms with Gasteiger partial charge in [-0.1, -0.05) is 0 Å². The van der Waals surface area contributed by atoms with E-state index < -0.39 is 0 Å². The van der Waals surface area contributed by atoms with Gasteiger partial charge in [-0.2, -0.15) is 5.26 Å². The van der Waals surface area contributed by atoms with Crippen LogP contribution in [-0.4, -0.2) is 39.8 Å². The zero-order chi connectivity index (χ0) is 13.8. The van der Waals surface area contributed by atoms with E-state index in [4.69, 9.17) is 10.00 Å². The predicted molar refractivity (Wildman–Crippen MR) is 73.3 cm³/mol. The number of likely N-dealkylation sites (N-methyl/N-ethyl adjacent to an activating group) is 1. The summed E-state index contributed by atoms with van der Waals surface area (Å²) in [6.07, 6.45) is 0.797. The number of hydrogen-bond acceptors (Lipinski definition) is 4. The predicted octanol–water partition coefficient (Wildman–Crippen LogP) is 1.38. The molecule has 2 rings (SSSR count). The van der Waals surface area contributed by atoms with Gasteiger partial charge in [0.2, 0.25) is 5.91 Å². The summed E-state index contributed by atoms with van der Waals surface area (Å²) in [6, 6.07) is 7.54. The number of anilines is 2. The van der Waals surface area contributed by atoms with Crippen LogP contribution in [0.2, 0.25) is 0 Å². The number of rotatable bonds is 4. The number of amides is 1. The molecule has 1 aliphatic rings. The summed E-state index contributed by atoms with van der Waals surface area (Å²) < 4.78 is 5.02. The molecule has 100 valence electrons. The summed E-state index contributed by atoms with van der Waals surface area (Å²) in [5, 5.41) is 8.95. The van der Waals surface area contributed by atoms with Gasteiger partial charge in [0.1, 0.15) is 0 Å². The van der Waals surface area contributed by atoms with Crippen molar-refractivity contribution in [1.82, 2.24) is 0 Å². The molecule has 0 aromatic heterocycles. The molecule has 0 aliphatic carbocycles. The van der Waals surface area contributed by atoms with E-state index in [2.05, 4.69) is 6.07 Å². The Morgan fingerprint density at radius 3 is 2.89 bits per heavy atom. The van der Waals surface area contributed by atoms with E-state index in [1.165, 1.54) is 0 Å². The van der Waals surface area contributed by atoms with Crippen molar-refractivity contribution in [3.8, 4) is 6.07 Å². The molecule has 0 saturated heterocycles. The lowest BCUT2D eigenvalue weighted by Crippen LogP contribution is -2.44. The second kappa shape index (κ2) is 5.72. The average Bonchev–Trinajstić information content (AvgIpc) is 2.42. The van der Waals surface area contributed by atoms with Crippen molar-refractivity contribution in [2.45, 2.75) is 6.42 Å². The van der Waals surface area contributed by atoms with Crippen molar-refractivity contribution in [3.05, 3.63) is 23.8 Å². The maximum atomic E-state index is 12.1. The monoisotopic (exact) mass is 259 g/mol. The number of fused-ring (bicyclic) bond motifs is 1. The maximum Gasteiger partial charge on any atom is 0.246 e. The van der Waals surface area contributed by atoms with Gasteiger partial charge in [0.25, 0.3) is 0 Å². The summed E-state index contributed by atoms with van der Waals surface area (Å²) in [6.45, 7) is 1.61. The molecule has 0 bridgehead atoms. The number of methoxy groups -OCH3 is 1. The van der Waals surface area contributed by atoms with Gasteiger partial charge in [0, 0.05) is 27.3 Å². The van der Waals surface area contributed by atoms with Crippen molar-refractivity contribution in [2.24, 2.45) is 0 Å². The summed E-state index contributed by atoms with van der Waals surface area (Å²) in [7, 11) is 3.52. The minimum Gasteiger partial charge on any atom is -0.385 e. The van der Waals surface area contributed by atoms with Crippen LogP contribution in [0.3, 0.4) is 0 Å². The average molecular weight is 259 g/mol. The van der Waals surface area contributed by atoms with Gasteiger partial charge in [0.15, 0.2) is 0 Å². The fourth-order valence-electron chi connectivity index (χ4n) is 2.25. The fourth-order valence-corrected chi connectivity index (χ4v) is 2.25. The Morgan fingerprint density at radius 2 is 2.21 bits per heavy atom. The lowest BCUT2D eigenvalue weighted by atomic mass is 10.1. The zero-order valence-corrected chi connectivity index (χ0v) is 11.2. The Hall–Kier alpha value is -2.06. The first-order chi connectivity index (χ1) is 9.17. The van der Waals surface area contributed by atoms with Crippen LogP contribution >= 0.6 is 0 Å². The first kappa shape index (κ1) is 13.4. The summed E-state index contributed by atoms with van der Waals surface area (Å²) in [5.41, 5.74) is 2.40. The van der Waals surface area contributed by atoms with Crippen LogP contribution in [0.25, 0.3) is 0 Å². The number of carbonyl (C=O) groups excluding carboxylic acids is 1. The highest BCUT2D eigenvalue weighted by atomic mass is 16.5. The molecule has 1 aliphatic heterocycles. The molecule has 19 heavy (non-hydrogen) atoms. The third-order valence-corrected chi connectivity index (χ3v) is 3.21. The third-order valence-electron chi connectivity index (χ3n) is 3.21. The molecular formula is C14H17N3O2. The van der Waals surface area contributed by atoms with Crippen LogP contribution in [0.5, 0.6) is 0 Å². The van der Waals surface area contributed by atoms with E-state index in [0.29, 0.717) is 25.3 Å². The number of nitrogens with zero attached hydrogens (tertiary/aromatic N) is 3. The zero-order valence-electron chi connectivity index (χ0n) is 11.2. The van der Waals surface area contributed by atoms with Gasteiger partial charge in [-0.05, 0) is 24.6 Å². The van der Waals surface area contributed by atoms with E-state index in [1.54, 1.807) is 18.1 Å². The Morgan fingerprint density at radius 1 is 1.42 bits per heavy atom. The second-order valence-corrected chi connectivity index (χ2v) is 4.56. The Balaban J connectivity index is 2.30. The van der Waals surface area contributed by atoms with E-state index in [1.807, 2.05) is 24.1 Å². The largest absolute Gasteiger partial charge is 0.385 e. The van der Waals surface area contributed by atoms with Crippen molar-refractivity contribution < 1.29 is 9.53 Å². The molecule has 1 heterocycles. The Labute approximate surface area is 113 Å². The van der Waals surface area contributed by atoms with Gasteiger partial charge < -0.3 is 14.5 Å². The van der Waals surface area contributed by atoms with E-state index in [0.717, 1.165) is 17.8 Å². The molecule has 0 radical (unpaired) electrons. The highest BCUT2D eigenvalue weighted by Gasteiger charge is 2.27. The van der Waals surface area contributed by atoms with Crippen LogP contribution in [0, 0.1) is 11.3 Å². The van der Waals surface area contributed by atoms with Gasteiger partial charge in [0.05, 0.1) is 29.6 Å². The molecule has 0 atom stereocenters. The van der Waals surface area contributed by atoms with Crippen LogP contribution in [0.15, 0.2) is 18.2 Å². The van der Waals surface area contributed by atoms with Gasteiger partial charge >= 0.3 is 0 Å². The molecule has 0 saturated carbocycles. The van der Waals surface area contributed by atoms with Gasteiger partial charge in [-0.25, -0.2) is 0 Å². The summed E-state index contributed by atoms with van der Waals surface area (Å²) in [5.74, 6) is 0.0795. The highest BCUT2D eigenvalue weighted by Crippen LogP contribution is 2.33. The molecule has 0 N–H and O–H groups in total. The molecular weight excluding hydrogens is 242 g/mol. The number of hydrogen-bond donors (Lipinski definition) is 0. The van der Waals surface area contributed by atoms with Crippen molar-refractivity contribution in [2.75, 3.05) is 43.7 Å². The van der Waals surface area contributed by atoms with Crippen molar-refractivity contribution in [1.29, 1.82) is 5.26 Å². The molecule has 5 heteroatoms.